The number of piperidine rings is 1. The average molecular weight is 380 g/mol. The summed E-state index contributed by atoms with van der Waals surface area (Å²) in [6.07, 6.45) is 23.2. The van der Waals surface area contributed by atoms with E-state index >= 15 is 0 Å². The van der Waals surface area contributed by atoms with Crippen LogP contribution in [0.3, 0.4) is 0 Å². The predicted molar refractivity (Wildman–Crippen MR) is 123 cm³/mol. The zero-order chi connectivity index (χ0) is 19.7. The van der Waals surface area contributed by atoms with Crippen molar-refractivity contribution in [2.24, 2.45) is 17.8 Å². The minimum absolute atomic E-state index is 0.887. The number of rotatable bonds is 17. The van der Waals surface area contributed by atoms with Gasteiger partial charge in [0.1, 0.15) is 0 Å². The normalized spacial score (nSPS) is 16.7. The molecule has 0 bridgehead atoms. The molecule has 0 saturated carbocycles. The number of likely N-dealkylation sites (tertiary alicyclic amines) is 1. The van der Waals surface area contributed by atoms with E-state index in [-0.39, 0.29) is 0 Å². The summed E-state index contributed by atoms with van der Waals surface area (Å²) in [7, 11) is 0. The van der Waals surface area contributed by atoms with Gasteiger partial charge in [0.25, 0.3) is 0 Å². The van der Waals surface area contributed by atoms with E-state index in [1.807, 2.05) is 0 Å². The highest BCUT2D eigenvalue weighted by molar-refractivity contribution is 4.75. The van der Waals surface area contributed by atoms with Gasteiger partial charge in [-0.05, 0) is 56.5 Å². The van der Waals surface area contributed by atoms with Gasteiger partial charge in [-0.25, -0.2) is 0 Å². The van der Waals surface area contributed by atoms with E-state index in [1.165, 1.54) is 122 Å². The van der Waals surface area contributed by atoms with Crippen LogP contribution in [-0.2, 0) is 0 Å². The van der Waals surface area contributed by atoms with Crippen LogP contribution >= 0.6 is 0 Å². The van der Waals surface area contributed by atoms with Gasteiger partial charge in [-0.1, -0.05) is 105 Å². The summed E-state index contributed by atoms with van der Waals surface area (Å²) in [6, 6.07) is 0. The number of hydrogen-bond donors (Lipinski definition) is 0. The third-order valence-corrected chi connectivity index (χ3v) is 6.80. The number of unbranched alkanes of at least 4 members (excludes halogenated alkanes) is 7. The van der Waals surface area contributed by atoms with Crippen LogP contribution < -0.4 is 0 Å². The van der Waals surface area contributed by atoms with Crippen molar-refractivity contribution in [2.75, 3.05) is 19.6 Å². The van der Waals surface area contributed by atoms with Crippen molar-refractivity contribution < 1.29 is 0 Å². The fourth-order valence-corrected chi connectivity index (χ4v) is 4.85. The van der Waals surface area contributed by atoms with E-state index in [0.29, 0.717) is 0 Å². The van der Waals surface area contributed by atoms with Gasteiger partial charge < -0.3 is 4.90 Å². The Bertz CT molecular complexity index is 291. The third kappa shape index (κ3) is 13.7. The molecule has 0 aromatic heterocycles. The molecule has 27 heavy (non-hydrogen) atoms. The summed E-state index contributed by atoms with van der Waals surface area (Å²) >= 11 is 0. The van der Waals surface area contributed by atoms with Gasteiger partial charge in [-0.2, -0.15) is 0 Å². The van der Waals surface area contributed by atoms with E-state index in [9.17, 15) is 0 Å². The average Bonchev–Trinajstić information content (AvgIpc) is 2.66. The number of nitrogens with zero attached hydrogens (tertiary/aromatic N) is 1. The molecule has 162 valence electrons. The molecule has 0 spiro atoms. The van der Waals surface area contributed by atoms with Crippen molar-refractivity contribution in [1.82, 2.24) is 4.90 Å². The molecule has 1 heterocycles. The van der Waals surface area contributed by atoms with Crippen LogP contribution in [0.5, 0.6) is 0 Å². The van der Waals surface area contributed by atoms with Crippen molar-refractivity contribution in [3.05, 3.63) is 0 Å². The Hall–Kier alpha value is -0.0400. The van der Waals surface area contributed by atoms with Crippen LogP contribution in [0.15, 0.2) is 0 Å². The van der Waals surface area contributed by atoms with Gasteiger partial charge in [-0.15, -0.1) is 0 Å². The van der Waals surface area contributed by atoms with Gasteiger partial charge in [0, 0.05) is 6.54 Å². The molecule has 0 aliphatic carbocycles. The van der Waals surface area contributed by atoms with E-state index in [1.54, 1.807) is 0 Å². The lowest BCUT2D eigenvalue weighted by Crippen LogP contribution is -2.37. The molecular formula is C26H53N. The first-order valence-corrected chi connectivity index (χ1v) is 12.9. The lowest BCUT2D eigenvalue weighted by atomic mass is 9.89. The van der Waals surface area contributed by atoms with Gasteiger partial charge in [-0.3, -0.25) is 0 Å². The minimum Gasteiger partial charge on any atom is -0.303 e. The topological polar surface area (TPSA) is 3.24 Å². The molecule has 0 aromatic carbocycles. The lowest BCUT2D eigenvalue weighted by Gasteiger charge is -2.34. The van der Waals surface area contributed by atoms with E-state index in [0.717, 1.165) is 17.8 Å². The first kappa shape index (κ1) is 25.0. The summed E-state index contributed by atoms with van der Waals surface area (Å²) in [4.78, 5) is 2.83. The Morgan fingerprint density at radius 1 is 0.704 bits per heavy atom. The first-order chi connectivity index (χ1) is 13.2. The lowest BCUT2D eigenvalue weighted by molar-refractivity contribution is 0.146. The Morgan fingerprint density at radius 2 is 1.26 bits per heavy atom. The van der Waals surface area contributed by atoms with Gasteiger partial charge in [0.2, 0.25) is 0 Å². The first-order valence-electron chi connectivity index (χ1n) is 12.9. The Kier molecular flexibility index (Phi) is 15.6. The second-order valence-corrected chi connectivity index (χ2v) is 9.99. The van der Waals surface area contributed by atoms with Crippen LogP contribution in [0, 0.1) is 17.8 Å². The highest BCUT2D eigenvalue weighted by atomic mass is 15.1. The summed E-state index contributed by atoms with van der Waals surface area (Å²) in [5.74, 6) is 2.89. The van der Waals surface area contributed by atoms with Crippen molar-refractivity contribution in [3.63, 3.8) is 0 Å². The smallest absolute Gasteiger partial charge is 0.000966 e. The molecule has 0 amide bonds. The zero-order valence-corrected chi connectivity index (χ0v) is 19.6. The predicted octanol–water partition coefficient (Wildman–Crippen LogP) is 8.47. The van der Waals surface area contributed by atoms with Crippen molar-refractivity contribution in [1.29, 1.82) is 0 Å². The van der Waals surface area contributed by atoms with Crippen LogP contribution in [-0.4, -0.2) is 24.5 Å². The molecule has 1 saturated heterocycles. The highest BCUT2D eigenvalue weighted by Crippen LogP contribution is 2.26. The van der Waals surface area contributed by atoms with Crippen LogP contribution in [0.25, 0.3) is 0 Å². The molecule has 0 unspecified atom stereocenters. The summed E-state index contributed by atoms with van der Waals surface area (Å²) in [6.45, 7) is 13.5. The van der Waals surface area contributed by atoms with Crippen molar-refractivity contribution in [3.8, 4) is 0 Å². The summed E-state index contributed by atoms with van der Waals surface area (Å²) in [5.41, 5.74) is 0. The molecular weight excluding hydrogens is 326 g/mol. The molecule has 0 N–H and O–H groups in total. The van der Waals surface area contributed by atoms with Gasteiger partial charge >= 0.3 is 0 Å². The molecule has 0 radical (unpaired) electrons. The molecule has 1 rings (SSSR count). The van der Waals surface area contributed by atoms with Crippen LogP contribution in [0.1, 0.15) is 130 Å². The van der Waals surface area contributed by atoms with Crippen molar-refractivity contribution in [2.45, 2.75) is 130 Å². The second-order valence-electron chi connectivity index (χ2n) is 9.99. The van der Waals surface area contributed by atoms with Crippen molar-refractivity contribution >= 4 is 0 Å². The molecule has 1 fully saturated rings. The Balaban J connectivity index is 2.22. The van der Waals surface area contributed by atoms with E-state index < -0.39 is 0 Å². The third-order valence-electron chi connectivity index (χ3n) is 6.80. The van der Waals surface area contributed by atoms with Gasteiger partial charge in [0.15, 0.2) is 0 Å². The fourth-order valence-electron chi connectivity index (χ4n) is 4.85. The SMILES string of the molecule is CCCCCCC(CCCCCC)CN1CCC(CCCCC(C)C)CC1. The minimum atomic E-state index is 0.887. The van der Waals surface area contributed by atoms with Crippen LogP contribution in [0.2, 0.25) is 0 Å². The molecule has 1 heteroatoms. The maximum absolute atomic E-state index is 2.83. The summed E-state index contributed by atoms with van der Waals surface area (Å²) < 4.78 is 0. The quantitative estimate of drug-likeness (QED) is 0.229. The van der Waals surface area contributed by atoms with E-state index in [4.69, 9.17) is 0 Å². The standard InChI is InChI=1S/C26H53N/c1-5-7-9-11-17-26(18-12-10-8-6-2)23-27-21-19-25(20-22-27)16-14-13-15-24(3)4/h24-26H,5-23H2,1-4H3. The number of hydrogen-bond acceptors (Lipinski definition) is 1. The molecule has 0 aromatic rings. The van der Waals surface area contributed by atoms with Crippen LogP contribution in [0.4, 0.5) is 0 Å². The second kappa shape index (κ2) is 16.9. The maximum Gasteiger partial charge on any atom is 0.000966 e. The zero-order valence-electron chi connectivity index (χ0n) is 19.6. The molecule has 1 aliphatic rings. The Morgan fingerprint density at radius 3 is 1.78 bits per heavy atom. The maximum atomic E-state index is 2.83. The largest absolute Gasteiger partial charge is 0.303 e. The highest BCUT2D eigenvalue weighted by Gasteiger charge is 2.21. The van der Waals surface area contributed by atoms with E-state index in [2.05, 4.69) is 32.6 Å². The van der Waals surface area contributed by atoms with Gasteiger partial charge in [0.05, 0.1) is 0 Å². The fraction of sp³-hybridized carbons (Fsp3) is 1.00. The monoisotopic (exact) mass is 379 g/mol. The Labute approximate surface area is 173 Å². The molecule has 1 nitrogen and oxygen atoms in total. The molecule has 0 atom stereocenters. The summed E-state index contributed by atoms with van der Waals surface area (Å²) in [5, 5.41) is 0. The molecule has 1 aliphatic heterocycles.